The minimum atomic E-state index is -4.11. The van der Waals surface area contributed by atoms with Gasteiger partial charge in [0.15, 0.2) is 0 Å². The molecule has 1 fully saturated rings. The SMILES string of the molecule is CC(S)OCCN1CCCC1C(F)(F)F. The van der Waals surface area contributed by atoms with E-state index in [-0.39, 0.29) is 11.9 Å². The molecule has 2 nitrogen and oxygen atoms in total. The monoisotopic (exact) mass is 243 g/mol. The normalized spacial score (nSPS) is 25.8. The highest BCUT2D eigenvalue weighted by Crippen LogP contribution is 2.32. The maximum absolute atomic E-state index is 12.5. The summed E-state index contributed by atoms with van der Waals surface area (Å²) in [6.07, 6.45) is -3.29. The van der Waals surface area contributed by atoms with Crippen LogP contribution in [-0.2, 0) is 4.74 Å². The van der Waals surface area contributed by atoms with E-state index in [0.29, 0.717) is 26.1 Å². The van der Waals surface area contributed by atoms with Gasteiger partial charge in [-0.15, -0.1) is 12.6 Å². The first-order valence-corrected chi connectivity index (χ1v) is 5.53. The molecular formula is C9H16F3NOS. The number of hydrogen-bond donors (Lipinski definition) is 1. The first-order valence-electron chi connectivity index (χ1n) is 5.01. The van der Waals surface area contributed by atoms with Crippen molar-refractivity contribution in [3.8, 4) is 0 Å². The van der Waals surface area contributed by atoms with E-state index in [9.17, 15) is 13.2 Å². The molecule has 90 valence electrons. The number of likely N-dealkylation sites (tertiary alicyclic amines) is 1. The van der Waals surface area contributed by atoms with Crippen LogP contribution in [0.2, 0.25) is 0 Å². The molecule has 15 heavy (non-hydrogen) atoms. The minimum Gasteiger partial charge on any atom is -0.367 e. The first-order chi connectivity index (χ1) is 6.91. The number of halogens is 3. The molecule has 0 radical (unpaired) electrons. The Hall–Kier alpha value is 0.0600. The third-order valence-electron chi connectivity index (χ3n) is 2.48. The fourth-order valence-electron chi connectivity index (χ4n) is 1.80. The average Bonchev–Trinajstić information content (AvgIpc) is 2.50. The van der Waals surface area contributed by atoms with Crippen LogP contribution in [0.4, 0.5) is 13.2 Å². The van der Waals surface area contributed by atoms with E-state index in [1.165, 1.54) is 4.90 Å². The summed E-state index contributed by atoms with van der Waals surface area (Å²) in [6, 6.07) is -1.28. The number of hydrogen-bond acceptors (Lipinski definition) is 3. The molecule has 1 saturated heterocycles. The van der Waals surface area contributed by atoms with Gasteiger partial charge in [-0.1, -0.05) is 0 Å². The van der Waals surface area contributed by atoms with Gasteiger partial charge in [-0.25, -0.2) is 0 Å². The summed E-state index contributed by atoms with van der Waals surface area (Å²) in [4.78, 5) is 1.44. The Labute approximate surface area is 93.2 Å². The maximum atomic E-state index is 12.5. The highest BCUT2D eigenvalue weighted by Gasteiger charge is 2.45. The molecule has 2 unspecified atom stereocenters. The van der Waals surface area contributed by atoms with Gasteiger partial charge in [0.1, 0.15) is 6.04 Å². The molecule has 1 aliphatic heterocycles. The summed E-state index contributed by atoms with van der Waals surface area (Å²) >= 11 is 3.99. The van der Waals surface area contributed by atoms with Gasteiger partial charge in [0, 0.05) is 6.54 Å². The molecule has 6 heteroatoms. The van der Waals surface area contributed by atoms with Crippen LogP contribution >= 0.6 is 12.6 Å². The van der Waals surface area contributed by atoms with Gasteiger partial charge in [0.2, 0.25) is 0 Å². The van der Waals surface area contributed by atoms with Gasteiger partial charge in [-0.2, -0.15) is 13.2 Å². The Morgan fingerprint density at radius 2 is 2.20 bits per heavy atom. The van der Waals surface area contributed by atoms with Crippen molar-refractivity contribution >= 4 is 12.6 Å². The quantitative estimate of drug-likeness (QED) is 0.601. The predicted octanol–water partition coefficient (Wildman–Crippen LogP) is 2.31. The van der Waals surface area contributed by atoms with E-state index in [1.807, 2.05) is 0 Å². The smallest absolute Gasteiger partial charge is 0.367 e. The van der Waals surface area contributed by atoms with Crippen LogP contribution in [0.3, 0.4) is 0 Å². The molecule has 1 aliphatic rings. The minimum absolute atomic E-state index is 0.208. The van der Waals surface area contributed by atoms with E-state index in [4.69, 9.17) is 4.74 Å². The van der Waals surface area contributed by atoms with Crippen molar-refractivity contribution < 1.29 is 17.9 Å². The lowest BCUT2D eigenvalue weighted by atomic mass is 10.2. The highest BCUT2D eigenvalue weighted by atomic mass is 32.1. The number of thiol groups is 1. The van der Waals surface area contributed by atoms with Crippen molar-refractivity contribution in [1.82, 2.24) is 4.90 Å². The summed E-state index contributed by atoms with van der Waals surface area (Å²) < 4.78 is 42.6. The van der Waals surface area contributed by atoms with Crippen LogP contribution in [0.1, 0.15) is 19.8 Å². The van der Waals surface area contributed by atoms with Gasteiger partial charge >= 0.3 is 6.18 Å². The maximum Gasteiger partial charge on any atom is 0.404 e. The zero-order valence-corrected chi connectivity index (χ0v) is 9.52. The van der Waals surface area contributed by atoms with Gasteiger partial charge in [0.25, 0.3) is 0 Å². The van der Waals surface area contributed by atoms with Crippen LogP contribution in [0.5, 0.6) is 0 Å². The Morgan fingerprint density at radius 3 is 2.73 bits per heavy atom. The lowest BCUT2D eigenvalue weighted by Gasteiger charge is -2.26. The van der Waals surface area contributed by atoms with Crippen molar-refractivity contribution in [3.63, 3.8) is 0 Å². The third-order valence-corrected chi connectivity index (χ3v) is 2.63. The van der Waals surface area contributed by atoms with E-state index in [1.54, 1.807) is 6.92 Å². The van der Waals surface area contributed by atoms with E-state index in [2.05, 4.69) is 12.6 Å². The fraction of sp³-hybridized carbons (Fsp3) is 1.00. The molecule has 0 bridgehead atoms. The van der Waals surface area contributed by atoms with E-state index >= 15 is 0 Å². The topological polar surface area (TPSA) is 12.5 Å². The van der Waals surface area contributed by atoms with Crippen molar-refractivity contribution in [2.75, 3.05) is 19.7 Å². The Balaban J connectivity index is 2.34. The Morgan fingerprint density at radius 1 is 1.53 bits per heavy atom. The second-order valence-corrected chi connectivity index (χ2v) is 4.43. The summed E-state index contributed by atoms with van der Waals surface area (Å²) in [6.45, 7) is 2.88. The molecule has 0 aromatic carbocycles. The molecule has 0 saturated carbocycles. The molecule has 2 atom stereocenters. The lowest BCUT2D eigenvalue weighted by molar-refractivity contribution is -0.177. The van der Waals surface area contributed by atoms with Gasteiger partial charge in [-0.05, 0) is 26.3 Å². The number of ether oxygens (including phenoxy) is 1. The van der Waals surface area contributed by atoms with E-state index in [0.717, 1.165) is 0 Å². The summed E-state index contributed by atoms with van der Waals surface area (Å²) in [5.74, 6) is 0. The van der Waals surface area contributed by atoms with Crippen molar-refractivity contribution in [1.29, 1.82) is 0 Å². The van der Waals surface area contributed by atoms with Gasteiger partial charge in [0.05, 0.1) is 12.0 Å². The molecule has 1 rings (SSSR count). The molecule has 1 heterocycles. The van der Waals surface area contributed by atoms with Crippen molar-refractivity contribution in [3.05, 3.63) is 0 Å². The standard InChI is InChI=1S/C9H16F3NOS/c1-7(15)14-6-5-13-4-2-3-8(13)9(10,11)12/h7-8,15H,2-6H2,1H3. The zero-order chi connectivity index (χ0) is 11.5. The average molecular weight is 243 g/mol. The molecule has 0 aromatic rings. The van der Waals surface area contributed by atoms with Crippen LogP contribution in [0, 0.1) is 0 Å². The first kappa shape index (κ1) is 13.1. The van der Waals surface area contributed by atoms with Gasteiger partial charge in [-0.3, -0.25) is 4.90 Å². The Bertz CT molecular complexity index is 198. The Kier molecular flexibility index (Phi) is 4.73. The van der Waals surface area contributed by atoms with Crippen molar-refractivity contribution in [2.45, 2.75) is 37.4 Å². The molecule has 0 N–H and O–H groups in total. The second-order valence-electron chi connectivity index (χ2n) is 3.71. The third kappa shape index (κ3) is 4.20. The number of rotatable bonds is 4. The van der Waals surface area contributed by atoms with Gasteiger partial charge < -0.3 is 4.74 Å². The summed E-state index contributed by atoms with van der Waals surface area (Å²) in [5.41, 5.74) is -0.225. The van der Waals surface area contributed by atoms with E-state index < -0.39 is 12.2 Å². The van der Waals surface area contributed by atoms with Crippen LogP contribution in [0.15, 0.2) is 0 Å². The summed E-state index contributed by atoms with van der Waals surface area (Å²) in [5, 5.41) is 0. The highest BCUT2D eigenvalue weighted by molar-refractivity contribution is 7.80. The lowest BCUT2D eigenvalue weighted by Crippen LogP contribution is -2.42. The van der Waals surface area contributed by atoms with Crippen LogP contribution < -0.4 is 0 Å². The molecule has 0 spiro atoms. The van der Waals surface area contributed by atoms with Crippen LogP contribution in [-0.4, -0.2) is 42.3 Å². The number of nitrogens with zero attached hydrogens (tertiary/aromatic N) is 1. The molecule has 0 aromatic heterocycles. The molecule has 0 aliphatic carbocycles. The summed E-state index contributed by atoms with van der Waals surface area (Å²) in [7, 11) is 0. The fourth-order valence-corrected chi connectivity index (χ4v) is 1.91. The molecule has 0 amide bonds. The molecular weight excluding hydrogens is 227 g/mol. The van der Waals surface area contributed by atoms with Crippen molar-refractivity contribution in [2.24, 2.45) is 0 Å². The predicted molar refractivity (Wildman–Crippen MR) is 55.1 cm³/mol. The number of alkyl halides is 3. The zero-order valence-electron chi connectivity index (χ0n) is 8.63. The second kappa shape index (κ2) is 5.41. The van der Waals surface area contributed by atoms with Crippen LogP contribution in [0.25, 0.3) is 0 Å². The largest absolute Gasteiger partial charge is 0.404 e.